The molecule has 1 heterocycles. The Bertz CT molecular complexity index is 550. The van der Waals surface area contributed by atoms with Crippen LogP contribution in [0.4, 0.5) is 5.82 Å². The number of aryl methyl sites for hydroxylation is 2. The Labute approximate surface area is 126 Å². The van der Waals surface area contributed by atoms with Crippen LogP contribution in [0.3, 0.4) is 0 Å². The van der Waals surface area contributed by atoms with E-state index in [1.165, 1.54) is 30.5 Å². The molecule has 0 aromatic carbocycles. The van der Waals surface area contributed by atoms with Gasteiger partial charge >= 0.3 is 0 Å². The quantitative estimate of drug-likeness (QED) is 0.892. The van der Waals surface area contributed by atoms with Gasteiger partial charge in [0.2, 0.25) is 0 Å². The topological polar surface area (TPSA) is 68.9 Å². The first-order chi connectivity index (χ1) is 10.3. The van der Waals surface area contributed by atoms with Gasteiger partial charge in [0.15, 0.2) is 0 Å². The maximum atomic E-state index is 9.39. The zero-order chi connectivity index (χ0) is 14.7. The predicted molar refractivity (Wildman–Crippen MR) is 82.0 cm³/mol. The van der Waals surface area contributed by atoms with E-state index in [0.29, 0.717) is 17.5 Å². The normalized spacial score (nSPS) is 24.4. The lowest BCUT2D eigenvalue weighted by Crippen LogP contribution is -2.26. The highest BCUT2D eigenvalue weighted by atomic mass is 16.3. The summed E-state index contributed by atoms with van der Waals surface area (Å²) in [5, 5.41) is 22.1. The summed E-state index contributed by atoms with van der Waals surface area (Å²) in [6, 6.07) is 4.67. The molecule has 0 radical (unpaired) electrons. The summed E-state index contributed by atoms with van der Waals surface area (Å²) in [6.45, 7) is 0.242. The van der Waals surface area contributed by atoms with Crippen molar-refractivity contribution in [3.05, 3.63) is 22.9 Å². The van der Waals surface area contributed by atoms with Crippen LogP contribution in [-0.2, 0) is 12.8 Å². The first kappa shape index (κ1) is 14.3. The molecule has 2 N–H and O–H groups in total. The number of nitrogens with one attached hydrogen (secondary N) is 1. The van der Waals surface area contributed by atoms with Crippen LogP contribution in [0, 0.1) is 17.2 Å². The van der Waals surface area contributed by atoms with Crippen molar-refractivity contribution in [1.29, 1.82) is 5.26 Å². The summed E-state index contributed by atoms with van der Waals surface area (Å²) in [6.07, 6.45) is 8.77. The summed E-state index contributed by atoms with van der Waals surface area (Å²) < 4.78 is 0. The van der Waals surface area contributed by atoms with Crippen LogP contribution < -0.4 is 5.32 Å². The molecule has 2 atom stereocenters. The predicted octanol–water partition coefficient (Wildman–Crippen LogP) is 2.80. The third-order valence-corrected chi connectivity index (χ3v) is 4.90. The summed E-state index contributed by atoms with van der Waals surface area (Å²) >= 11 is 0. The average Bonchev–Trinajstić information content (AvgIpc) is 2.94. The van der Waals surface area contributed by atoms with E-state index >= 15 is 0 Å². The van der Waals surface area contributed by atoms with E-state index in [9.17, 15) is 10.4 Å². The monoisotopic (exact) mass is 285 g/mol. The number of pyridine rings is 1. The summed E-state index contributed by atoms with van der Waals surface area (Å²) in [5.41, 5.74) is 3.09. The van der Waals surface area contributed by atoms with Crippen LogP contribution in [0.5, 0.6) is 0 Å². The third kappa shape index (κ3) is 3.03. The van der Waals surface area contributed by atoms with Crippen molar-refractivity contribution >= 4 is 5.82 Å². The van der Waals surface area contributed by atoms with Gasteiger partial charge < -0.3 is 10.4 Å². The molecule has 0 aliphatic heterocycles. The van der Waals surface area contributed by atoms with E-state index in [-0.39, 0.29) is 6.61 Å². The molecule has 4 heteroatoms. The van der Waals surface area contributed by atoms with E-state index in [4.69, 9.17) is 4.98 Å². The maximum absolute atomic E-state index is 9.39. The van der Waals surface area contributed by atoms with E-state index in [0.717, 1.165) is 37.9 Å². The van der Waals surface area contributed by atoms with E-state index in [1.54, 1.807) is 0 Å². The number of hydrogen-bond acceptors (Lipinski definition) is 4. The van der Waals surface area contributed by atoms with Crippen LogP contribution in [-0.4, -0.2) is 22.7 Å². The third-order valence-electron chi connectivity index (χ3n) is 4.90. The fourth-order valence-electron chi connectivity index (χ4n) is 3.74. The second-order valence-corrected chi connectivity index (χ2v) is 6.26. The van der Waals surface area contributed by atoms with E-state index in [1.807, 2.05) is 6.07 Å². The highest BCUT2D eigenvalue weighted by Gasteiger charge is 2.28. The lowest BCUT2D eigenvalue weighted by atomic mass is 9.94. The number of rotatable bonds is 4. The number of fused-ring (bicyclic) bond motifs is 1. The SMILES string of the molecule is N#Cc1cc2c(nc1NC1CCCC1CCO)CCCC2. The van der Waals surface area contributed by atoms with Gasteiger partial charge in [-0.15, -0.1) is 0 Å². The van der Waals surface area contributed by atoms with Gasteiger partial charge in [-0.2, -0.15) is 5.26 Å². The number of aliphatic hydroxyl groups is 1. The second-order valence-electron chi connectivity index (χ2n) is 6.26. The van der Waals surface area contributed by atoms with Crippen molar-refractivity contribution in [3.8, 4) is 6.07 Å². The maximum Gasteiger partial charge on any atom is 0.144 e. The first-order valence-corrected chi connectivity index (χ1v) is 8.12. The number of aliphatic hydroxyl groups excluding tert-OH is 1. The molecule has 1 saturated carbocycles. The molecule has 0 bridgehead atoms. The molecule has 0 amide bonds. The van der Waals surface area contributed by atoms with Gasteiger partial charge in [0.1, 0.15) is 11.9 Å². The van der Waals surface area contributed by atoms with Crippen molar-refractivity contribution in [3.63, 3.8) is 0 Å². The Balaban J connectivity index is 1.82. The number of aromatic nitrogens is 1. The largest absolute Gasteiger partial charge is 0.396 e. The number of nitriles is 1. The Hall–Kier alpha value is -1.60. The van der Waals surface area contributed by atoms with Crippen molar-refractivity contribution in [2.75, 3.05) is 11.9 Å². The van der Waals surface area contributed by atoms with Gasteiger partial charge in [0.05, 0.1) is 5.56 Å². The summed E-state index contributed by atoms with van der Waals surface area (Å²) in [7, 11) is 0. The highest BCUT2D eigenvalue weighted by molar-refractivity contribution is 5.55. The number of hydrogen-bond donors (Lipinski definition) is 2. The molecular formula is C17H23N3O. The molecule has 3 rings (SSSR count). The minimum absolute atomic E-state index is 0.242. The van der Waals surface area contributed by atoms with Crippen LogP contribution in [0.1, 0.15) is 55.3 Å². The highest BCUT2D eigenvalue weighted by Crippen LogP contribution is 2.32. The molecular weight excluding hydrogens is 262 g/mol. The lowest BCUT2D eigenvalue weighted by molar-refractivity contribution is 0.254. The van der Waals surface area contributed by atoms with Crippen molar-refractivity contribution in [1.82, 2.24) is 4.98 Å². The minimum atomic E-state index is 0.242. The summed E-state index contributed by atoms with van der Waals surface area (Å²) in [5.74, 6) is 1.26. The standard InChI is InChI=1S/C17H23N3O/c18-11-14-10-13-4-1-2-6-16(13)20-17(14)19-15-7-3-5-12(15)8-9-21/h10,12,15,21H,1-9H2,(H,19,20). The smallest absolute Gasteiger partial charge is 0.144 e. The molecule has 0 saturated heterocycles. The fourth-order valence-corrected chi connectivity index (χ4v) is 3.74. The molecule has 2 aliphatic carbocycles. The zero-order valence-corrected chi connectivity index (χ0v) is 12.4. The van der Waals surface area contributed by atoms with Crippen LogP contribution in [0.2, 0.25) is 0 Å². The van der Waals surface area contributed by atoms with Crippen molar-refractivity contribution in [2.24, 2.45) is 5.92 Å². The molecule has 1 aromatic rings. The van der Waals surface area contributed by atoms with Gasteiger partial charge in [-0.1, -0.05) is 6.42 Å². The molecule has 2 unspecified atom stereocenters. The van der Waals surface area contributed by atoms with Crippen LogP contribution in [0.25, 0.3) is 0 Å². The Morgan fingerprint density at radius 1 is 1.29 bits per heavy atom. The van der Waals surface area contributed by atoms with Gasteiger partial charge in [-0.25, -0.2) is 4.98 Å². The van der Waals surface area contributed by atoms with Gasteiger partial charge in [-0.3, -0.25) is 0 Å². The van der Waals surface area contributed by atoms with Gasteiger partial charge in [0, 0.05) is 18.3 Å². The molecule has 2 aliphatic rings. The second kappa shape index (κ2) is 6.44. The van der Waals surface area contributed by atoms with Crippen LogP contribution >= 0.6 is 0 Å². The number of nitrogens with zero attached hydrogens (tertiary/aromatic N) is 2. The molecule has 21 heavy (non-hydrogen) atoms. The fraction of sp³-hybridized carbons (Fsp3) is 0.647. The Kier molecular flexibility index (Phi) is 4.40. The molecule has 112 valence electrons. The van der Waals surface area contributed by atoms with E-state index in [2.05, 4.69) is 11.4 Å². The lowest BCUT2D eigenvalue weighted by Gasteiger charge is -2.23. The number of anilines is 1. The minimum Gasteiger partial charge on any atom is -0.396 e. The zero-order valence-electron chi connectivity index (χ0n) is 12.4. The van der Waals surface area contributed by atoms with Gasteiger partial charge in [0.25, 0.3) is 0 Å². The summed E-state index contributed by atoms with van der Waals surface area (Å²) in [4.78, 5) is 4.75. The average molecular weight is 285 g/mol. The molecule has 1 aromatic heterocycles. The molecule has 4 nitrogen and oxygen atoms in total. The molecule has 1 fully saturated rings. The molecule has 0 spiro atoms. The Morgan fingerprint density at radius 3 is 2.95 bits per heavy atom. The van der Waals surface area contributed by atoms with Crippen molar-refractivity contribution < 1.29 is 5.11 Å². The van der Waals surface area contributed by atoms with Crippen molar-refractivity contribution in [2.45, 2.75) is 57.4 Å². The van der Waals surface area contributed by atoms with Crippen LogP contribution in [0.15, 0.2) is 6.07 Å². The first-order valence-electron chi connectivity index (χ1n) is 8.12. The Morgan fingerprint density at radius 2 is 2.14 bits per heavy atom. The van der Waals surface area contributed by atoms with Gasteiger partial charge in [-0.05, 0) is 62.5 Å². The van der Waals surface area contributed by atoms with E-state index < -0.39 is 0 Å².